The zero-order valence-corrected chi connectivity index (χ0v) is 9.32. The minimum atomic E-state index is -0.146. The summed E-state index contributed by atoms with van der Waals surface area (Å²) in [5.41, 5.74) is 0.488. The Morgan fingerprint density at radius 1 is 1.33 bits per heavy atom. The molecule has 15 heavy (non-hydrogen) atoms. The van der Waals surface area contributed by atoms with Gasteiger partial charge in [0, 0.05) is 11.6 Å². The van der Waals surface area contributed by atoms with Crippen LogP contribution in [0.2, 0.25) is 0 Å². The summed E-state index contributed by atoms with van der Waals surface area (Å²) < 4.78 is 0. The molecule has 3 nitrogen and oxygen atoms in total. The van der Waals surface area contributed by atoms with Gasteiger partial charge >= 0.3 is 0 Å². The number of amides is 1. The Kier molecular flexibility index (Phi) is 3.72. The van der Waals surface area contributed by atoms with E-state index in [9.17, 15) is 9.90 Å². The molecule has 0 aliphatic rings. The Labute approximate surface area is 90.1 Å². The Morgan fingerprint density at radius 3 is 2.53 bits per heavy atom. The fourth-order valence-electron chi connectivity index (χ4n) is 1.10. The number of nitrogens with one attached hydrogen (secondary N) is 1. The van der Waals surface area contributed by atoms with Crippen molar-refractivity contribution in [3.8, 4) is 5.75 Å². The molecule has 0 aliphatic carbocycles. The number of rotatable bonds is 3. The molecule has 1 aromatic rings. The van der Waals surface area contributed by atoms with Gasteiger partial charge in [0.25, 0.3) is 5.91 Å². The summed E-state index contributed by atoms with van der Waals surface area (Å²) in [6.45, 7) is 6.06. The van der Waals surface area contributed by atoms with E-state index in [2.05, 4.69) is 5.32 Å². The SMILES string of the molecule is CC(C)C(C)NC(=O)c1cccc(O)c1. The molecule has 1 rings (SSSR count). The molecule has 0 aliphatic heterocycles. The second-order valence-electron chi connectivity index (χ2n) is 4.06. The van der Waals surface area contributed by atoms with Gasteiger partial charge in [0.05, 0.1) is 0 Å². The molecule has 0 heterocycles. The van der Waals surface area contributed by atoms with Crippen LogP contribution in [-0.4, -0.2) is 17.1 Å². The van der Waals surface area contributed by atoms with E-state index in [1.54, 1.807) is 18.2 Å². The molecule has 0 radical (unpaired) electrons. The topological polar surface area (TPSA) is 49.3 Å². The first-order valence-electron chi connectivity index (χ1n) is 5.10. The predicted octanol–water partition coefficient (Wildman–Crippen LogP) is 2.17. The van der Waals surface area contributed by atoms with Gasteiger partial charge in [-0.3, -0.25) is 4.79 Å². The smallest absolute Gasteiger partial charge is 0.251 e. The predicted molar refractivity (Wildman–Crippen MR) is 59.9 cm³/mol. The van der Waals surface area contributed by atoms with Crippen molar-refractivity contribution in [2.75, 3.05) is 0 Å². The lowest BCUT2D eigenvalue weighted by molar-refractivity contribution is 0.0930. The number of carbonyl (C=O) groups is 1. The van der Waals surface area contributed by atoms with Gasteiger partial charge in [-0.1, -0.05) is 19.9 Å². The van der Waals surface area contributed by atoms with E-state index in [-0.39, 0.29) is 17.7 Å². The van der Waals surface area contributed by atoms with Crippen LogP contribution in [0.15, 0.2) is 24.3 Å². The molecule has 0 fully saturated rings. The maximum atomic E-state index is 11.7. The highest BCUT2D eigenvalue weighted by atomic mass is 16.3. The van der Waals surface area contributed by atoms with Gasteiger partial charge < -0.3 is 10.4 Å². The van der Waals surface area contributed by atoms with Crippen LogP contribution in [0.4, 0.5) is 0 Å². The molecule has 0 saturated heterocycles. The zero-order chi connectivity index (χ0) is 11.4. The molecule has 0 spiro atoms. The summed E-state index contributed by atoms with van der Waals surface area (Å²) in [4.78, 5) is 11.7. The molecule has 1 aromatic carbocycles. The molecule has 2 N–H and O–H groups in total. The largest absolute Gasteiger partial charge is 0.508 e. The van der Waals surface area contributed by atoms with Gasteiger partial charge in [-0.25, -0.2) is 0 Å². The zero-order valence-electron chi connectivity index (χ0n) is 9.32. The first-order valence-corrected chi connectivity index (χ1v) is 5.10. The van der Waals surface area contributed by atoms with Crippen molar-refractivity contribution >= 4 is 5.91 Å². The van der Waals surface area contributed by atoms with Crippen molar-refractivity contribution < 1.29 is 9.90 Å². The quantitative estimate of drug-likeness (QED) is 0.798. The van der Waals surface area contributed by atoms with Gasteiger partial charge in [-0.2, -0.15) is 0 Å². The van der Waals surface area contributed by atoms with Crippen LogP contribution in [-0.2, 0) is 0 Å². The number of aromatic hydroxyl groups is 1. The molecule has 0 aromatic heterocycles. The van der Waals surface area contributed by atoms with Gasteiger partial charge in [-0.15, -0.1) is 0 Å². The summed E-state index contributed by atoms with van der Waals surface area (Å²) >= 11 is 0. The Hall–Kier alpha value is -1.51. The fourth-order valence-corrected chi connectivity index (χ4v) is 1.10. The van der Waals surface area contributed by atoms with Crippen molar-refractivity contribution in [2.45, 2.75) is 26.8 Å². The maximum Gasteiger partial charge on any atom is 0.251 e. The van der Waals surface area contributed by atoms with E-state index in [4.69, 9.17) is 0 Å². The highest BCUT2D eigenvalue weighted by molar-refractivity contribution is 5.94. The van der Waals surface area contributed by atoms with Gasteiger partial charge in [0.2, 0.25) is 0 Å². The Balaban J connectivity index is 2.69. The third-order valence-corrected chi connectivity index (χ3v) is 2.47. The van der Waals surface area contributed by atoms with Crippen LogP contribution in [0, 0.1) is 5.92 Å². The number of phenols is 1. The van der Waals surface area contributed by atoms with Gasteiger partial charge in [0.15, 0.2) is 0 Å². The van der Waals surface area contributed by atoms with Crippen LogP contribution < -0.4 is 5.32 Å². The van der Waals surface area contributed by atoms with E-state index in [1.165, 1.54) is 6.07 Å². The minimum Gasteiger partial charge on any atom is -0.508 e. The molecular formula is C12H17NO2. The molecule has 1 amide bonds. The average Bonchev–Trinajstić information content (AvgIpc) is 2.17. The second kappa shape index (κ2) is 4.82. The third-order valence-electron chi connectivity index (χ3n) is 2.47. The van der Waals surface area contributed by atoms with E-state index in [0.29, 0.717) is 11.5 Å². The lowest BCUT2D eigenvalue weighted by Crippen LogP contribution is -2.36. The lowest BCUT2D eigenvalue weighted by Gasteiger charge is -2.17. The number of benzene rings is 1. The Bertz CT molecular complexity index is 347. The van der Waals surface area contributed by atoms with Crippen molar-refractivity contribution in [1.82, 2.24) is 5.32 Å². The number of hydrogen-bond acceptors (Lipinski definition) is 2. The number of hydrogen-bond donors (Lipinski definition) is 2. The van der Waals surface area contributed by atoms with Crippen LogP contribution >= 0.6 is 0 Å². The first kappa shape index (κ1) is 11.6. The standard InChI is InChI=1S/C12H17NO2/c1-8(2)9(3)13-12(15)10-5-4-6-11(14)7-10/h4-9,14H,1-3H3,(H,13,15). The number of carbonyl (C=O) groups excluding carboxylic acids is 1. The van der Waals surface area contributed by atoms with E-state index >= 15 is 0 Å². The second-order valence-corrected chi connectivity index (χ2v) is 4.06. The summed E-state index contributed by atoms with van der Waals surface area (Å²) in [6, 6.07) is 6.47. The average molecular weight is 207 g/mol. The first-order chi connectivity index (χ1) is 7.00. The van der Waals surface area contributed by atoms with E-state index in [0.717, 1.165) is 0 Å². The van der Waals surface area contributed by atoms with Gasteiger partial charge in [0.1, 0.15) is 5.75 Å². The van der Waals surface area contributed by atoms with E-state index in [1.807, 2.05) is 20.8 Å². The summed E-state index contributed by atoms with van der Waals surface area (Å²) in [5, 5.41) is 12.1. The Morgan fingerprint density at radius 2 is 2.00 bits per heavy atom. The van der Waals surface area contributed by atoms with Crippen LogP contribution in [0.3, 0.4) is 0 Å². The fraction of sp³-hybridized carbons (Fsp3) is 0.417. The molecule has 3 heteroatoms. The molecule has 0 saturated carbocycles. The number of phenolic OH excluding ortho intramolecular Hbond substituents is 1. The normalized spacial score (nSPS) is 12.5. The third kappa shape index (κ3) is 3.27. The molecule has 1 atom stereocenters. The lowest BCUT2D eigenvalue weighted by atomic mass is 10.1. The highest BCUT2D eigenvalue weighted by Crippen LogP contribution is 2.11. The van der Waals surface area contributed by atoms with Crippen molar-refractivity contribution in [2.24, 2.45) is 5.92 Å². The highest BCUT2D eigenvalue weighted by Gasteiger charge is 2.12. The van der Waals surface area contributed by atoms with Crippen LogP contribution in [0.1, 0.15) is 31.1 Å². The summed E-state index contributed by atoms with van der Waals surface area (Å²) in [6.07, 6.45) is 0. The van der Waals surface area contributed by atoms with Crippen molar-refractivity contribution in [3.63, 3.8) is 0 Å². The summed E-state index contributed by atoms with van der Waals surface area (Å²) in [7, 11) is 0. The maximum absolute atomic E-state index is 11.7. The molecule has 82 valence electrons. The molecule has 0 bridgehead atoms. The monoisotopic (exact) mass is 207 g/mol. The van der Waals surface area contributed by atoms with E-state index < -0.39 is 0 Å². The molecular weight excluding hydrogens is 190 g/mol. The van der Waals surface area contributed by atoms with Crippen molar-refractivity contribution in [3.05, 3.63) is 29.8 Å². The minimum absolute atomic E-state index is 0.111. The van der Waals surface area contributed by atoms with Crippen LogP contribution in [0.25, 0.3) is 0 Å². The molecule has 1 unspecified atom stereocenters. The summed E-state index contributed by atoms with van der Waals surface area (Å²) in [5.74, 6) is 0.359. The van der Waals surface area contributed by atoms with Crippen molar-refractivity contribution in [1.29, 1.82) is 0 Å². The van der Waals surface area contributed by atoms with Gasteiger partial charge in [-0.05, 0) is 31.0 Å². The van der Waals surface area contributed by atoms with Crippen LogP contribution in [0.5, 0.6) is 5.75 Å².